The number of aryl methyl sites for hydroxylation is 1. The summed E-state index contributed by atoms with van der Waals surface area (Å²) >= 11 is 0. The molecule has 5 nitrogen and oxygen atoms in total. The summed E-state index contributed by atoms with van der Waals surface area (Å²) in [6.45, 7) is 0.588. The number of methoxy groups -OCH3 is 1. The highest BCUT2D eigenvalue weighted by Crippen LogP contribution is 2.29. The molecule has 2 aromatic heterocycles. The number of nitrogens with one attached hydrogen (secondary N) is 1. The molecule has 4 aromatic rings. The summed E-state index contributed by atoms with van der Waals surface area (Å²) in [6.07, 6.45) is 3.78. The smallest absolute Gasteiger partial charge is 0.176 e. The molecule has 4 rings (SSSR count). The number of fused-ring (bicyclic) bond motifs is 1. The van der Waals surface area contributed by atoms with E-state index < -0.39 is 0 Å². The van der Waals surface area contributed by atoms with Crippen LogP contribution >= 0.6 is 12.4 Å². The molecular formula is C21H22ClN3O2. The van der Waals surface area contributed by atoms with Crippen molar-refractivity contribution >= 4 is 23.4 Å². The number of para-hydroxylation sites is 1. The van der Waals surface area contributed by atoms with Gasteiger partial charge in [0.25, 0.3) is 0 Å². The van der Waals surface area contributed by atoms with Crippen molar-refractivity contribution in [2.45, 2.75) is 12.6 Å². The van der Waals surface area contributed by atoms with Gasteiger partial charge in [-0.25, -0.2) is 4.98 Å². The molecule has 140 valence electrons. The van der Waals surface area contributed by atoms with E-state index in [2.05, 4.69) is 22.4 Å². The summed E-state index contributed by atoms with van der Waals surface area (Å²) < 4.78 is 13.4. The monoisotopic (exact) mass is 383 g/mol. The quantitative estimate of drug-likeness (QED) is 0.533. The van der Waals surface area contributed by atoms with Crippen molar-refractivity contribution in [3.05, 3.63) is 84.1 Å². The maximum atomic E-state index is 6.01. The molecule has 0 fully saturated rings. The number of ether oxygens (including phenoxy) is 1. The molecule has 0 saturated heterocycles. The van der Waals surface area contributed by atoms with Crippen LogP contribution in [0.25, 0.3) is 11.0 Å². The first kappa shape index (κ1) is 19.0. The second-order valence-corrected chi connectivity index (χ2v) is 6.21. The van der Waals surface area contributed by atoms with E-state index in [1.807, 2.05) is 66.5 Å². The Morgan fingerprint density at radius 2 is 1.96 bits per heavy atom. The van der Waals surface area contributed by atoms with Gasteiger partial charge < -0.3 is 13.7 Å². The van der Waals surface area contributed by atoms with E-state index in [-0.39, 0.29) is 18.4 Å². The average Bonchev–Trinajstić information content (AvgIpc) is 3.28. The molecule has 0 aliphatic heterocycles. The number of rotatable bonds is 6. The van der Waals surface area contributed by atoms with Crippen LogP contribution < -0.4 is 10.1 Å². The molecular weight excluding hydrogens is 362 g/mol. The SMILES string of the molecule is COc1cccc2cc(CNC(c3ccccc3)c3nccn3C)oc12.Cl. The van der Waals surface area contributed by atoms with E-state index >= 15 is 0 Å². The lowest BCUT2D eigenvalue weighted by Gasteiger charge is -2.18. The summed E-state index contributed by atoms with van der Waals surface area (Å²) in [6, 6.07) is 18.2. The van der Waals surface area contributed by atoms with Crippen LogP contribution in [0.2, 0.25) is 0 Å². The molecule has 27 heavy (non-hydrogen) atoms. The molecule has 0 aliphatic carbocycles. The number of hydrogen-bond acceptors (Lipinski definition) is 4. The Kier molecular flexibility index (Phi) is 5.84. The fourth-order valence-corrected chi connectivity index (χ4v) is 3.20. The Bertz CT molecular complexity index is 1010. The second-order valence-electron chi connectivity index (χ2n) is 6.21. The largest absolute Gasteiger partial charge is 0.493 e. The molecule has 0 spiro atoms. The number of benzene rings is 2. The van der Waals surface area contributed by atoms with Gasteiger partial charge in [0.05, 0.1) is 19.7 Å². The Labute approximate surface area is 164 Å². The van der Waals surface area contributed by atoms with Gasteiger partial charge in [-0.05, 0) is 17.7 Å². The maximum absolute atomic E-state index is 6.01. The molecule has 0 aliphatic rings. The third-order valence-electron chi connectivity index (χ3n) is 4.51. The van der Waals surface area contributed by atoms with Crippen LogP contribution in [-0.4, -0.2) is 16.7 Å². The molecule has 1 atom stereocenters. The van der Waals surface area contributed by atoms with Crippen molar-refractivity contribution in [3.63, 3.8) is 0 Å². The predicted molar refractivity (Wildman–Crippen MR) is 108 cm³/mol. The Morgan fingerprint density at radius 3 is 2.67 bits per heavy atom. The van der Waals surface area contributed by atoms with Crippen LogP contribution in [0, 0.1) is 0 Å². The summed E-state index contributed by atoms with van der Waals surface area (Å²) in [5.74, 6) is 2.57. The average molecular weight is 384 g/mol. The zero-order chi connectivity index (χ0) is 17.9. The third-order valence-corrected chi connectivity index (χ3v) is 4.51. The molecule has 0 radical (unpaired) electrons. The minimum Gasteiger partial charge on any atom is -0.493 e. The highest BCUT2D eigenvalue weighted by atomic mass is 35.5. The van der Waals surface area contributed by atoms with Crippen molar-refractivity contribution in [1.29, 1.82) is 0 Å². The molecule has 1 unspecified atom stereocenters. The van der Waals surface area contributed by atoms with Crippen LogP contribution in [-0.2, 0) is 13.6 Å². The van der Waals surface area contributed by atoms with Crippen molar-refractivity contribution in [2.24, 2.45) is 7.05 Å². The van der Waals surface area contributed by atoms with Crippen LogP contribution in [0.1, 0.15) is 23.2 Å². The van der Waals surface area contributed by atoms with E-state index in [1.165, 1.54) is 0 Å². The number of halogens is 1. The normalized spacial score (nSPS) is 11.9. The van der Waals surface area contributed by atoms with Crippen LogP contribution in [0.3, 0.4) is 0 Å². The molecule has 2 heterocycles. The van der Waals surface area contributed by atoms with Gasteiger partial charge in [-0.15, -0.1) is 12.4 Å². The van der Waals surface area contributed by atoms with Crippen molar-refractivity contribution in [1.82, 2.24) is 14.9 Å². The second kappa shape index (κ2) is 8.29. The Balaban J connectivity index is 0.00000210. The van der Waals surface area contributed by atoms with Crippen LogP contribution in [0.5, 0.6) is 5.75 Å². The van der Waals surface area contributed by atoms with Crippen LogP contribution in [0.15, 0.2) is 71.4 Å². The highest BCUT2D eigenvalue weighted by molar-refractivity contribution is 5.85. The first-order valence-corrected chi connectivity index (χ1v) is 8.57. The van der Waals surface area contributed by atoms with Crippen LogP contribution in [0.4, 0.5) is 0 Å². The number of nitrogens with zero attached hydrogens (tertiary/aromatic N) is 2. The molecule has 0 amide bonds. The maximum Gasteiger partial charge on any atom is 0.176 e. The predicted octanol–water partition coefficient (Wildman–Crippen LogP) is 4.48. The topological polar surface area (TPSA) is 52.2 Å². The number of hydrogen-bond donors (Lipinski definition) is 1. The third kappa shape index (κ3) is 3.84. The fraction of sp³-hybridized carbons (Fsp3) is 0.190. The van der Waals surface area contributed by atoms with E-state index in [1.54, 1.807) is 7.11 Å². The van der Waals surface area contributed by atoms with Gasteiger partial charge in [0, 0.05) is 24.8 Å². The van der Waals surface area contributed by atoms with Gasteiger partial charge in [-0.1, -0.05) is 42.5 Å². The summed E-state index contributed by atoms with van der Waals surface area (Å²) in [4.78, 5) is 4.52. The molecule has 1 N–H and O–H groups in total. The van der Waals surface area contributed by atoms with Gasteiger partial charge in [-0.3, -0.25) is 5.32 Å². The molecule has 2 aromatic carbocycles. The Hall–Kier alpha value is -2.76. The summed E-state index contributed by atoms with van der Waals surface area (Å²) in [5.41, 5.74) is 1.94. The lowest BCUT2D eigenvalue weighted by molar-refractivity contribution is 0.405. The lowest BCUT2D eigenvalue weighted by Crippen LogP contribution is -2.24. The van der Waals surface area contributed by atoms with Crippen molar-refractivity contribution in [3.8, 4) is 5.75 Å². The number of imidazole rings is 1. The number of furan rings is 1. The standard InChI is InChI=1S/C21H21N3O2.ClH/c1-24-12-11-22-21(24)19(15-7-4-3-5-8-15)23-14-17-13-16-9-6-10-18(25-2)20(16)26-17;/h3-13,19,23H,14H2,1-2H3;1H. The zero-order valence-electron chi connectivity index (χ0n) is 15.3. The van der Waals surface area contributed by atoms with Gasteiger partial charge in [0.15, 0.2) is 11.3 Å². The van der Waals surface area contributed by atoms with E-state index in [9.17, 15) is 0 Å². The minimum atomic E-state index is -0.0219. The summed E-state index contributed by atoms with van der Waals surface area (Å²) in [7, 11) is 3.66. The van der Waals surface area contributed by atoms with E-state index in [0.29, 0.717) is 6.54 Å². The highest BCUT2D eigenvalue weighted by Gasteiger charge is 2.18. The Morgan fingerprint density at radius 1 is 1.15 bits per heavy atom. The zero-order valence-corrected chi connectivity index (χ0v) is 16.1. The number of aromatic nitrogens is 2. The van der Waals surface area contributed by atoms with Crippen molar-refractivity contribution in [2.75, 3.05) is 7.11 Å². The molecule has 6 heteroatoms. The van der Waals surface area contributed by atoms with Gasteiger partial charge in [-0.2, -0.15) is 0 Å². The van der Waals surface area contributed by atoms with Gasteiger partial charge in [0.2, 0.25) is 0 Å². The first-order chi connectivity index (χ1) is 12.8. The van der Waals surface area contributed by atoms with E-state index in [0.717, 1.165) is 33.9 Å². The molecule has 0 saturated carbocycles. The van der Waals surface area contributed by atoms with Gasteiger partial charge in [0.1, 0.15) is 11.6 Å². The lowest BCUT2D eigenvalue weighted by atomic mass is 10.1. The first-order valence-electron chi connectivity index (χ1n) is 8.57. The fourth-order valence-electron chi connectivity index (χ4n) is 3.20. The molecule has 0 bridgehead atoms. The summed E-state index contributed by atoms with van der Waals surface area (Å²) in [5, 5.41) is 4.61. The minimum absolute atomic E-state index is 0. The van der Waals surface area contributed by atoms with E-state index in [4.69, 9.17) is 9.15 Å². The van der Waals surface area contributed by atoms with Crippen molar-refractivity contribution < 1.29 is 9.15 Å². The van der Waals surface area contributed by atoms with Gasteiger partial charge >= 0.3 is 0 Å².